The Hall–Kier alpha value is -0.900. The number of rotatable bonds is 7. The van der Waals surface area contributed by atoms with Gasteiger partial charge in [0.1, 0.15) is 0 Å². The first-order valence-electron chi connectivity index (χ1n) is 8.09. The predicted octanol–water partition coefficient (Wildman–Crippen LogP) is 3.04. The van der Waals surface area contributed by atoms with Crippen molar-refractivity contribution in [3.05, 3.63) is 35.9 Å². The highest BCUT2D eigenvalue weighted by atomic mass is 16.5. The second-order valence-corrected chi connectivity index (χ2v) is 6.81. The Balaban J connectivity index is 1.99. The van der Waals surface area contributed by atoms with Crippen molar-refractivity contribution in [3.8, 4) is 0 Å². The van der Waals surface area contributed by atoms with E-state index in [4.69, 9.17) is 10.5 Å². The van der Waals surface area contributed by atoms with Crippen LogP contribution in [0.15, 0.2) is 30.3 Å². The molecule has 2 atom stereocenters. The van der Waals surface area contributed by atoms with Crippen LogP contribution in [0.4, 0.5) is 0 Å². The Morgan fingerprint density at radius 3 is 2.43 bits per heavy atom. The van der Waals surface area contributed by atoms with Gasteiger partial charge < -0.3 is 10.5 Å². The summed E-state index contributed by atoms with van der Waals surface area (Å²) in [5.74, 6) is 0. The largest absolute Gasteiger partial charge is 0.378 e. The molecule has 2 unspecified atom stereocenters. The van der Waals surface area contributed by atoms with E-state index in [0.29, 0.717) is 6.10 Å². The predicted molar refractivity (Wildman–Crippen MR) is 88.1 cm³/mol. The number of benzene rings is 1. The molecule has 2 rings (SSSR count). The van der Waals surface area contributed by atoms with Crippen molar-refractivity contribution in [2.24, 2.45) is 11.1 Å². The lowest BCUT2D eigenvalue weighted by Crippen LogP contribution is -2.73. The number of ether oxygens (including phenoxy) is 1. The maximum Gasteiger partial charge on any atom is 0.0662 e. The summed E-state index contributed by atoms with van der Waals surface area (Å²) in [7, 11) is 0. The van der Waals surface area contributed by atoms with Crippen LogP contribution in [0.25, 0.3) is 0 Å². The molecule has 118 valence electrons. The van der Waals surface area contributed by atoms with Gasteiger partial charge in [-0.15, -0.1) is 0 Å². The Bertz CT molecular complexity index is 446. The molecule has 1 aliphatic rings. The van der Waals surface area contributed by atoms with Gasteiger partial charge in [0, 0.05) is 30.7 Å². The quantitative estimate of drug-likeness (QED) is 0.839. The molecule has 0 aromatic heterocycles. The lowest BCUT2D eigenvalue weighted by atomic mass is 9.54. The van der Waals surface area contributed by atoms with Gasteiger partial charge in [0.15, 0.2) is 0 Å². The standard InChI is InChI=1S/C18H30N2O/c1-5-20(13-15-10-8-7-9-11-15)14-18(19)12-16(21-6-2)17(18,3)4/h7-11,16H,5-6,12-14,19H2,1-4H3. The first-order chi connectivity index (χ1) is 9.93. The molecular weight excluding hydrogens is 260 g/mol. The first-order valence-corrected chi connectivity index (χ1v) is 8.09. The fourth-order valence-electron chi connectivity index (χ4n) is 3.30. The van der Waals surface area contributed by atoms with Crippen LogP contribution in [0.2, 0.25) is 0 Å². The summed E-state index contributed by atoms with van der Waals surface area (Å²) in [6.07, 6.45) is 1.25. The van der Waals surface area contributed by atoms with Gasteiger partial charge in [-0.2, -0.15) is 0 Å². The molecule has 21 heavy (non-hydrogen) atoms. The number of hydrogen-bond donors (Lipinski definition) is 1. The van der Waals surface area contributed by atoms with Gasteiger partial charge >= 0.3 is 0 Å². The molecule has 3 heteroatoms. The van der Waals surface area contributed by atoms with E-state index < -0.39 is 0 Å². The fraction of sp³-hybridized carbons (Fsp3) is 0.667. The summed E-state index contributed by atoms with van der Waals surface area (Å²) in [6, 6.07) is 10.6. The summed E-state index contributed by atoms with van der Waals surface area (Å²) >= 11 is 0. The van der Waals surface area contributed by atoms with E-state index in [1.165, 1.54) is 5.56 Å². The summed E-state index contributed by atoms with van der Waals surface area (Å²) in [6.45, 7) is 12.4. The van der Waals surface area contributed by atoms with Crippen LogP contribution in [0.5, 0.6) is 0 Å². The SMILES string of the molecule is CCOC1CC(N)(CN(CC)Cc2ccccc2)C1(C)C. The van der Waals surface area contributed by atoms with Crippen molar-refractivity contribution in [1.29, 1.82) is 0 Å². The van der Waals surface area contributed by atoms with E-state index in [1.807, 2.05) is 0 Å². The van der Waals surface area contributed by atoms with Crippen LogP contribution in [0.3, 0.4) is 0 Å². The van der Waals surface area contributed by atoms with Crippen LogP contribution in [0.1, 0.15) is 39.7 Å². The molecule has 1 aliphatic carbocycles. The zero-order valence-electron chi connectivity index (χ0n) is 13.9. The lowest BCUT2D eigenvalue weighted by molar-refractivity contribution is -0.156. The van der Waals surface area contributed by atoms with Crippen molar-refractivity contribution in [3.63, 3.8) is 0 Å². The van der Waals surface area contributed by atoms with Crippen molar-refractivity contribution < 1.29 is 4.74 Å². The Labute approximate surface area is 129 Å². The van der Waals surface area contributed by atoms with Gasteiger partial charge in [-0.25, -0.2) is 0 Å². The number of likely N-dealkylation sites (N-methyl/N-ethyl adjacent to an activating group) is 1. The topological polar surface area (TPSA) is 38.5 Å². The second-order valence-electron chi connectivity index (χ2n) is 6.81. The van der Waals surface area contributed by atoms with Gasteiger partial charge in [0.25, 0.3) is 0 Å². The number of nitrogens with two attached hydrogens (primary N) is 1. The molecule has 0 amide bonds. The highest BCUT2D eigenvalue weighted by molar-refractivity contribution is 5.17. The third kappa shape index (κ3) is 3.31. The molecule has 2 N–H and O–H groups in total. The van der Waals surface area contributed by atoms with E-state index in [-0.39, 0.29) is 11.0 Å². The molecule has 0 bridgehead atoms. The molecule has 0 spiro atoms. The summed E-state index contributed by atoms with van der Waals surface area (Å²) < 4.78 is 5.82. The minimum Gasteiger partial charge on any atom is -0.378 e. The molecule has 1 fully saturated rings. The molecule has 0 aliphatic heterocycles. The summed E-state index contributed by atoms with van der Waals surface area (Å²) in [4.78, 5) is 2.44. The third-order valence-corrected chi connectivity index (χ3v) is 5.21. The Kier molecular flexibility index (Phi) is 5.07. The number of hydrogen-bond acceptors (Lipinski definition) is 3. The summed E-state index contributed by atoms with van der Waals surface area (Å²) in [5, 5.41) is 0. The minimum absolute atomic E-state index is 0.0348. The highest BCUT2D eigenvalue weighted by Gasteiger charge is 2.58. The maximum absolute atomic E-state index is 6.71. The van der Waals surface area contributed by atoms with Crippen LogP contribution in [-0.2, 0) is 11.3 Å². The molecule has 3 nitrogen and oxygen atoms in total. The van der Waals surface area contributed by atoms with Crippen molar-refractivity contribution >= 4 is 0 Å². The molecule has 0 heterocycles. The van der Waals surface area contributed by atoms with E-state index >= 15 is 0 Å². The van der Waals surface area contributed by atoms with Gasteiger partial charge in [0.2, 0.25) is 0 Å². The number of nitrogens with zero attached hydrogens (tertiary/aromatic N) is 1. The molecule has 1 aromatic rings. The fourth-order valence-corrected chi connectivity index (χ4v) is 3.30. The highest BCUT2D eigenvalue weighted by Crippen LogP contribution is 2.50. The average Bonchev–Trinajstić information content (AvgIpc) is 2.47. The van der Waals surface area contributed by atoms with Crippen LogP contribution in [0, 0.1) is 5.41 Å². The van der Waals surface area contributed by atoms with Crippen LogP contribution < -0.4 is 5.73 Å². The van der Waals surface area contributed by atoms with Gasteiger partial charge in [-0.3, -0.25) is 4.90 Å². The molecular formula is C18H30N2O. The van der Waals surface area contributed by atoms with Crippen molar-refractivity contribution in [1.82, 2.24) is 4.90 Å². The average molecular weight is 290 g/mol. The lowest BCUT2D eigenvalue weighted by Gasteiger charge is -2.60. The Morgan fingerprint density at radius 1 is 1.24 bits per heavy atom. The van der Waals surface area contributed by atoms with E-state index in [1.54, 1.807) is 0 Å². The van der Waals surface area contributed by atoms with E-state index in [2.05, 4.69) is 62.9 Å². The second kappa shape index (κ2) is 6.47. The molecule has 0 saturated heterocycles. The van der Waals surface area contributed by atoms with Gasteiger partial charge in [0.05, 0.1) is 6.10 Å². The molecule has 1 saturated carbocycles. The van der Waals surface area contributed by atoms with Gasteiger partial charge in [-0.1, -0.05) is 51.1 Å². The normalized spacial score (nSPS) is 27.6. The molecule has 1 aromatic carbocycles. The van der Waals surface area contributed by atoms with Crippen molar-refractivity contribution in [2.75, 3.05) is 19.7 Å². The van der Waals surface area contributed by atoms with E-state index in [9.17, 15) is 0 Å². The summed E-state index contributed by atoms with van der Waals surface area (Å²) in [5.41, 5.74) is 7.94. The van der Waals surface area contributed by atoms with Crippen molar-refractivity contribution in [2.45, 2.75) is 52.3 Å². The smallest absolute Gasteiger partial charge is 0.0662 e. The first kappa shape index (κ1) is 16.5. The molecule has 0 radical (unpaired) electrons. The zero-order chi connectivity index (χ0) is 15.5. The monoisotopic (exact) mass is 290 g/mol. The maximum atomic E-state index is 6.71. The van der Waals surface area contributed by atoms with Crippen LogP contribution in [-0.4, -0.2) is 36.2 Å². The Morgan fingerprint density at radius 2 is 1.90 bits per heavy atom. The van der Waals surface area contributed by atoms with Gasteiger partial charge in [-0.05, 0) is 25.5 Å². The van der Waals surface area contributed by atoms with E-state index in [0.717, 1.165) is 32.7 Å². The third-order valence-electron chi connectivity index (χ3n) is 5.21. The zero-order valence-corrected chi connectivity index (χ0v) is 13.9. The van der Waals surface area contributed by atoms with Crippen LogP contribution >= 0.6 is 0 Å². The minimum atomic E-state index is -0.155.